The molecule has 1 aromatic carbocycles. The van der Waals surface area contributed by atoms with Gasteiger partial charge in [0.15, 0.2) is 0 Å². The summed E-state index contributed by atoms with van der Waals surface area (Å²) in [6, 6.07) is 12.7. The van der Waals surface area contributed by atoms with Crippen LogP contribution in [0.4, 0.5) is 0 Å². The Hall–Kier alpha value is -2.54. The molecule has 0 bridgehead atoms. The third-order valence-electron chi connectivity index (χ3n) is 3.82. The molecule has 136 valence electrons. The van der Waals surface area contributed by atoms with Crippen LogP contribution in [-0.2, 0) is 16.1 Å². The minimum Gasteiger partial charge on any atom is -0.473 e. The molecule has 0 unspecified atom stereocenters. The zero-order valence-electron chi connectivity index (χ0n) is 14.2. The molecule has 2 aromatic rings. The van der Waals surface area contributed by atoms with Crippen LogP contribution in [0.5, 0.6) is 5.88 Å². The first-order valence-corrected chi connectivity index (χ1v) is 9.55. The van der Waals surface area contributed by atoms with Crippen LogP contribution in [0.15, 0.2) is 48.7 Å². The van der Waals surface area contributed by atoms with Crippen LogP contribution in [0, 0.1) is 0 Å². The SMILES string of the molecule is O=C(CNC(=O)c1cccnc1O[C@H]1CCSC1)OCc1ccccc1. The second-order valence-corrected chi connectivity index (χ2v) is 6.94. The summed E-state index contributed by atoms with van der Waals surface area (Å²) >= 11 is 1.82. The van der Waals surface area contributed by atoms with Gasteiger partial charge in [0, 0.05) is 11.9 Å². The normalized spacial score (nSPS) is 16.1. The second-order valence-electron chi connectivity index (χ2n) is 5.79. The van der Waals surface area contributed by atoms with Crippen LogP contribution in [0.25, 0.3) is 0 Å². The first-order valence-electron chi connectivity index (χ1n) is 8.39. The van der Waals surface area contributed by atoms with Crippen molar-refractivity contribution in [1.82, 2.24) is 10.3 Å². The molecule has 1 aliphatic heterocycles. The van der Waals surface area contributed by atoms with Gasteiger partial charge in [-0.25, -0.2) is 4.98 Å². The van der Waals surface area contributed by atoms with E-state index in [9.17, 15) is 9.59 Å². The maximum atomic E-state index is 12.4. The van der Waals surface area contributed by atoms with Crippen molar-refractivity contribution >= 4 is 23.6 Å². The van der Waals surface area contributed by atoms with Gasteiger partial charge in [0.05, 0.1) is 0 Å². The van der Waals surface area contributed by atoms with Crippen LogP contribution in [0.2, 0.25) is 0 Å². The molecule has 0 aliphatic carbocycles. The van der Waals surface area contributed by atoms with E-state index in [1.807, 2.05) is 42.1 Å². The topological polar surface area (TPSA) is 77.5 Å². The van der Waals surface area contributed by atoms with Gasteiger partial charge in [-0.1, -0.05) is 30.3 Å². The first kappa shape index (κ1) is 18.3. The number of nitrogens with one attached hydrogen (secondary N) is 1. The van der Waals surface area contributed by atoms with Gasteiger partial charge in [-0.15, -0.1) is 0 Å². The number of ether oxygens (including phenoxy) is 2. The third-order valence-corrected chi connectivity index (χ3v) is 4.95. The first-order chi connectivity index (χ1) is 12.7. The van der Waals surface area contributed by atoms with Crippen LogP contribution in [0.3, 0.4) is 0 Å². The van der Waals surface area contributed by atoms with E-state index >= 15 is 0 Å². The van der Waals surface area contributed by atoms with Gasteiger partial charge in [-0.2, -0.15) is 11.8 Å². The molecule has 1 aromatic heterocycles. The summed E-state index contributed by atoms with van der Waals surface area (Å²) < 4.78 is 11.0. The number of thioether (sulfide) groups is 1. The average molecular weight is 372 g/mol. The van der Waals surface area contributed by atoms with Gasteiger partial charge in [0.2, 0.25) is 5.88 Å². The highest BCUT2D eigenvalue weighted by atomic mass is 32.2. The molecule has 1 fully saturated rings. The Morgan fingerprint density at radius 1 is 1.19 bits per heavy atom. The van der Waals surface area contributed by atoms with E-state index in [4.69, 9.17) is 9.47 Å². The summed E-state index contributed by atoms with van der Waals surface area (Å²) in [5.41, 5.74) is 1.21. The third kappa shape index (κ3) is 5.23. The number of pyridine rings is 1. The average Bonchev–Trinajstić information content (AvgIpc) is 3.19. The van der Waals surface area contributed by atoms with Crippen molar-refractivity contribution in [3.05, 3.63) is 59.8 Å². The number of benzene rings is 1. The largest absolute Gasteiger partial charge is 0.473 e. The molecule has 6 nitrogen and oxygen atoms in total. The number of nitrogens with zero attached hydrogens (tertiary/aromatic N) is 1. The van der Waals surface area contributed by atoms with Crippen molar-refractivity contribution in [1.29, 1.82) is 0 Å². The smallest absolute Gasteiger partial charge is 0.325 e. The molecular weight excluding hydrogens is 352 g/mol. The van der Waals surface area contributed by atoms with Crippen molar-refractivity contribution in [2.45, 2.75) is 19.1 Å². The molecule has 1 amide bonds. The minimum absolute atomic E-state index is 0.0669. The number of esters is 1. The van der Waals surface area contributed by atoms with Crippen LogP contribution < -0.4 is 10.1 Å². The molecule has 1 aliphatic rings. The zero-order chi connectivity index (χ0) is 18.2. The number of amides is 1. The fraction of sp³-hybridized carbons (Fsp3) is 0.316. The molecular formula is C19H20N2O4S. The summed E-state index contributed by atoms with van der Waals surface area (Å²) in [6.45, 7) is -0.0323. The molecule has 1 saturated heterocycles. The van der Waals surface area contributed by atoms with Crippen LogP contribution in [-0.4, -0.2) is 41.0 Å². The van der Waals surface area contributed by atoms with E-state index in [2.05, 4.69) is 10.3 Å². The number of carbonyl (C=O) groups excluding carboxylic acids is 2. The quantitative estimate of drug-likeness (QED) is 0.752. The molecule has 1 atom stereocenters. The Kier molecular flexibility index (Phi) is 6.49. The summed E-state index contributed by atoms with van der Waals surface area (Å²) in [4.78, 5) is 28.4. The number of hydrogen-bond acceptors (Lipinski definition) is 6. The number of carbonyl (C=O) groups is 2. The predicted molar refractivity (Wildman–Crippen MR) is 99.2 cm³/mol. The molecule has 7 heteroatoms. The monoisotopic (exact) mass is 372 g/mol. The van der Waals surface area contributed by atoms with Crippen molar-refractivity contribution in [2.24, 2.45) is 0 Å². The molecule has 2 heterocycles. The van der Waals surface area contributed by atoms with E-state index in [0.29, 0.717) is 11.4 Å². The van der Waals surface area contributed by atoms with E-state index in [-0.39, 0.29) is 19.3 Å². The van der Waals surface area contributed by atoms with Crippen molar-refractivity contribution in [3.8, 4) is 5.88 Å². The highest BCUT2D eigenvalue weighted by Gasteiger charge is 2.21. The van der Waals surface area contributed by atoms with Gasteiger partial charge < -0.3 is 14.8 Å². The summed E-state index contributed by atoms with van der Waals surface area (Å²) in [5, 5.41) is 2.56. The van der Waals surface area contributed by atoms with Crippen LogP contribution in [0.1, 0.15) is 22.3 Å². The minimum atomic E-state index is -0.499. The molecule has 0 saturated carbocycles. The second kappa shape index (κ2) is 9.24. The molecule has 0 spiro atoms. The van der Waals surface area contributed by atoms with Gasteiger partial charge in [0.1, 0.15) is 24.8 Å². The van der Waals surface area contributed by atoms with E-state index in [0.717, 1.165) is 23.5 Å². The number of rotatable bonds is 7. The molecule has 0 radical (unpaired) electrons. The summed E-state index contributed by atoms with van der Waals surface area (Å²) in [7, 11) is 0. The van der Waals surface area contributed by atoms with E-state index in [1.165, 1.54) is 0 Å². The maximum Gasteiger partial charge on any atom is 0.325 e. The Balaban J connectivity index is 1.50. The lowest BCUT2D eigenvalue weighted by Gasteiger charge is -2.14. The van der Waals surface area contributed by atoms with Gasteiger partial charge in [-0.3, -0.25) is 9.59 Å². The summed E-state index contributed by atoms with van der Waals surface area (Å²) in [5.74, 6) is 1.33. The van der Waals surface area contributed by atoms with E-state index in [1.54, 1.807) is 18.3 Å². The highest BCUT2D eigenvalue weighted by molar-refractivity contribution is 7.99. The molecule has 1 N–H and O–H groups in total. The lowest BCUT2D eigenvalue weighted by atomic mass is 10.2. The van der Waals surface area contributed by atoms with Crippen LogP contribution >= 0.6 is 11.8 Å². The lowest BCUT2D eigenvalue weighted by Crippen LogP contribution is -2.31. The number of aromatic nitrogens is 1. The fourth-order valence-corrected chi connectivity index (χ4v) is 3.55. The van der Waals surface area contributed by atoms with E-state index < -0.39 is 11.9 Å². The Morgan fingerprint density at radius 3 is 2.81 bits per heavy atom. The van der Waals surface area contributed by atoms with Crippen molar-refractivity contribution < 1.29 is 19.1 Å². The summed E-state index contributed by atoms with van der Waals surface area (Å²) in [6.07, 6.45) is 2.59. The van der Waals surface area contributed by atoms with Gasteiger partial charge >= 0.3 is 5.97 Å². The fourth-order valence-electron chi connectivity index (χ4n) is 2.46. The highest BCUT2D eigenvalue weighted by Crippen LogP contribution is 2.24. The maximum absolute atomic E-state index is 12.4. The molecule has 26 heavy (non-hydrogen) atoms. The van der Waals surface area contributed by atoms with Crippen molar-refractivity contribution in [3.63, 3.8) is 0 Å². The van der Waals surface area contributed by atoms with Gasteiger partial charge in [0.25, 0.3) is 5.91 Å². The Bertz CT molecular complexity index is 748. The zero-order valence-corrected chi connectivity index (χ0v) is 15.0. The predicted octanol–water partition coefficient (Wildman–Crippen LogP) is 2.44. The Morgan fingerprint density at radius 2 is 2.04 bits per heavy atom. The number of hydrogen-bond donors (Lipinski definition) is 1. The Labute approximate surface area is 156 Å². The lowest BCUT2D eigenvalue weighted by molar-refractivity contribution is -0.143. The standard InChI is InChI=1S/C19H20N2O4S/c22-17(24-12-14-5-2-1-3-6-14)11-21-18(23)16-7-4-9-20-19(16)25-15-8-10-26-13-15/h1-7,9,15H,8,10-13H2,(H,21,23)/t15-/m0/s1. The van der Waals surface area contributed by atoms with Gasteiger partial charge in [-0.05, 0) is 29.9 Å². The van der Waals surface area contributed by atoms with Crippen molar-refractivity contribution in [2.75, 3.05) is 18.1 Å². The molecule has 3 rings (SSSR count).